The zero-order valence-corrected chi connectivity index (χ0v) is 8.80. The van der Waals surface area contributed by atoms with E-state index in [4.69, 9.17) is 5.73 Å². The fraction of sp³-hybridized carbons (Fsp3) is 0. The first-order chi connectivity index (χ1) is 7.36. The molecule has 4 nitrogen and oxygen atoms in total. The fourth-order valence-electron chi connectivity index (χ4n) is 1.07. The Morgan fingerprint density at radius 1 is 1.00 bits per heavy atom. The van der Waals surface area contributed by atoms with Gasteiger partial charge in [-0.2, -0.15) is 0 Å². The topological polar surface area (TPSA) is 64.7 Å². The van der Waals surface area contributed by atoms with Crippen LogP contribution in [0.5, 0.6) is 0 Å². The molecule has 1 aromatic heterocycles. The van der Waals surface area contributed by atoms with Crippen molar-refractivity contribution in [2.45, 2.75) is 0 Å². The third-order valence-electron chi connectivity index (χ3n) is 1.75. The number of nitrogens with two attached hydrogens (primary N) is 1. The predicted molar refractivity (Wildman–Crippen MR) is 62.1 cm³/mol. The highest BCUT2D eigenvalue weighted by atomic mass is 31.0. The Kier molecular flexibility index (Phi) is 3.00. The maximum Gasteiger partial charge on any atom is 0.192 e. The first-order valence-corrected chi connectivity index (χ1v) is 5.26. The second-order valence-corrected chi connectivity index (χ2v) is 3.69. The Balaban J connectivity index is 2.34. The van der Waals surface area contributed by atoms with Crippen molar-refractivity contribution in [2.24, 2.45) is 0 Å². The van der Waals surface area contributed by atoms with Crippen molar-refractivity contribution < 1.29 is 0 Å². The van der Waals surface area contributed by atoms with E-state index in [1.165, 1.54) is 0 Å². The summed E-state index contributed by atoms with van der Waals surface area (Å²) >= 11 is 0. The van der Waals surface area contributed by atoms with Gasteiger partial charge in [0, 0.05) is 5.57 Å². The summed E-state index contributed by atoms with van der Waals surface area (Å²) in [6.07, 6.45) is 13.6. The first kappa shape index (κ1) is 9.74. The van der Waals surface area contributed by atoms with E-state index in [1.54, 1.807) is 0 Å². The molecule has 1 aliphatic rings. The van der Waals surface area contributed by atoms with Crippen molar-refractivity contribution in [3.05, 3.63) is 48.4 Å². The largest absolute Gasteiger partial charge is 0.377 e. The summed E-state index contributed by atoms with van der Waals surface area (Å²) in [5, 5.41) is 7.73. The van der Waals surface area contributed by atoms with Crippen LogP contribution in [0.2, 0.25) is 0 Å². The molecule has 0 amide bonds. The molecule has 0 saturated heterocycles. The monoisotopic (exact) mass is 216 g/mol. The van der Waals surface area contributed by atoms with Crippen LogP contribution in [0, 0.1) is 0 Å². The average molecular weight is 216 g/mol. The summed E-state index contributed by atoms with van der Waals surface area (Å²) in [5.74, 6) is 0.613. The lowest BCUT2D eigenvalue weighted by Crippen LogP contribution is -1.96. The molecule has 5 heteroatoms. The third kappa shape index (κ3) is 2.58. The Morgan fingerprint density at radius 3 is 2.60 bits per heavy atom. The van der Waals surface area contributed by atoms with Gasteiger partial charge in [-0.1, -0.05) is 42.5 Å². The lowest BCUT2D eigenvalue weighted by Gasteiger charge is -1.98. The number of hydrogen-bond donors (Lipinski definition) is 1. The molecule has 0 aromatic carbocycles. The van der Waals surface area contributed by atoms with E-state index >= 15 is 0 Å². The molecule has 1 aromatic rings. The number of rotatable bonds is 1. The molecule has 0 radical (unpaired) electrons. The third-order valence-corrected chi connectivity index (χ3v) is 2.33. The smallest absolute Gasteiger partial charge is 0.192 e. The first-order valence-electron chi connectivity index (χ1n) is 4.41. The molecule has 0 bridgehead atoms. The standard InChI is InChI=1S/C10H9N4P/c11-10-13-12-9(14-15-10)8-6-4-2-1-3-5-7-8/h1-7H,(H2,11,13)/b2-1-,3-1?,4-2?,5-3-,6-4-,7-5?,8-6?,8-7+. The Bertz CT molecular complexity index is 457. The van der Waals surface area contributed by atoms with Gasteiger partial charge >= 0.3 is 0 Å². The molecule has 0 unspecified atom stereocenters. The van der Waals surface area contributed by atoms with Crippen LogP contribution in [0.1, 0.15) is 5.82 Å². The van der Waals surface area contributed by atoms with E-state index in [9.17, 15) is 0 Å². The number of anilines is 1. The SMILES string of the molecule is Nc1nnc(C2=C/C=C\C=C/C=C\2)np1. The second-order valence-electron chi connectivity index (χ2n) is 2.83. The zero-order valence-electron chi connectivity index (χ0n) is 7.91. The summed E-state index contributed by atoms with van der Waals surface area (Å²) in [6, 6.07) is 0. The molecule has 2 N–H and O–H groups in total. The van der Waals surface area contributed by atoms with Crippen LogP contribution in [-0.4, -0.2) is 14.9 Å². The minimum absolute atomic E-state index is 0.421. The minimum Gasteiger partial charge on any atom is -0.377 e. The van der Waals surface area contributed by atoms with E-state index in [0.717, 1.165) is 5.57 Å². The highest BCUT2D eigenvalue weighted by Gasteiger charge is 2.01. The Hall–Kier alpha value is -1.80. The Morgan fingerprint density at radius 2 is 1.80 bits per heavy atom. The average Bonchev–Trinajstić information content (AvgIpc) is 2.19. The zero-order chi connectivity index (χ0) is 10.5. The maximum absolute atomic E-state index is 5.46. The van der Waals surface area contributed by atoms with E-state index in [0.29, 0.717) is 19.7 Å². The maximum atomic E-state index is 5.46. The van der Waals surface area contributed by atoms with Crippen molar-refractivity contribution in [1.29, 1.82) is 0 Å². The molecule has 0 saturated carbocycles. The number of nitrogens with zero attached hydrogens (tertiary/aromatic N) is 3. The van der Waals surface area contributed by atoms with Crippen molar-refractivity contribution in [3.8, 4) is 0 Å². The second kappa shape index (κ2) is 4.62. The van der Waals surface area contributed by atoms with Crippen LogP contribution in [0.4, 0.5) is 5.55 Å². The van der Waals surface area contributed by atoms with Gasteiger partial charge in [0.1, 0.15) is 0 Å². The lowest BCUT2D eigenvalue weighted by molar-refractivity contribution is 1.01. The number of nitrogen functional groups attached to an aromatic ring is 1. The van der Waals surface area contributed by atoms with Crippen LogP contribution in [-0.2, 0) is 0 Å². The molecule has 0 aliphatic heterocycles. The summed E-state index contributed by atoms with van der Waals surface area (Å²) in [7, 11) is 0.659. The van der Waals surface area contributed by atoms with Gasteiger partial charge in [-0.05, 0) is 0 Å². The van der Waals surface area contributed by atoms with Crippen molar-refractivity contribution in [2.75, 3.05) is 5.73 Å². The minimum atomic E-state index is 0.421. The molecular formula is C10H9N4P. The summed E-state index contributed by atoms with van der Waals surface area (Å²) in [4.78, 5) is 0. The molecule has 1 heterocycles. The van der Waals surface area contributed by atoms with E-state index in [2.05, 4.69) is 14.9 Å². The highest BCUT2D eigenvalue weighted by Crippen LogP contribution is 2.16. The van der Waals surface area contributed by atoms with Gasteiger partial charge in [0.15, 0.2) is 11.4 Å². The summed E-state index contributed by atoms with van der Waals surface area (Å²) in [5.41, 5.74) is 6.81. The van der Waals surface area contributed by atoms with Crippen LogP contribution < -0.4 is 5.73 Å². The molecule has 0 atom stereocenters. The quantitative estimate of drug-likeness (QED) is 0.780. The van der Waals surface area contributed by atoms with Gasteiger partial charge in [-0.25, -0.2) is 4.75 Å². The van der Waals surface area contributed by atoms with E-state index in [1.807, 2.05) is 42.5 Å². The van der Waals surface area contributed by atoms with Crippen molar-refractivity contribution in [1.82, 2.24) is 14.9 Å². The van der Waals surface area contributed by atoms with Crippen LogP contribution in [0.15, 0.2) is 42.5 Å². The van der Waals surface area contributed by atoms with Crippen molar-refractivity contribution in [3.63, 3.8) is 0 Å². The number of hydrogen-bond acceptors (Lipinski definition) is 4. The van der Waals surface area contributed by atoms with Crippen LogP contribution in [0.25, 0.3) is 5.57 Å². The van der Waals surface area contributed by atoms with E-state index in [-0.39, 0.29) is 0 Å². The summed E-state index contributed by atoms with van der Waals surface area (Å²) < 4.78 is 4.20. The van der Waals surface area contributed by atoms with Gasteiger partial charge in [-0.3, -0.25) is 0 Å². The normalized spacial score (nSPS) is 24.9. The molecule has 1 aliphatic carbocycles. The molecule has 0 fully saturated rings. The molecule has 74 valence electrons. The molecular weight excluding hydrogens is 207 g/mol. The van der Waals surface area contributed by atoms with Crippen LogP contribution >= 0.6 is 8.35 Å². The van der Waals surface area contributed by atoms with E-state index < -0.39 is 0 Å². The Labute approximate surface area is 89.1 Å². The lowest BCUT2D eigenvalue weighted by atomic mass is 10.2. The van der Waals surface area contributed by atoms with Gasteiger partial charge in [0.25, 0.3) is 0 Å². The number of allylic oxidation sites excluding steroid dienone is 8. The fourth-order valence-corrected chi connectivity index (χ4v) is 1.51. The van der Waals surface area contributed by atoms with Crippen molar-refractivity contribution >= 4 is 19.5 Å². The highest BCUT2D eigenvalue weighted by molar-refractivity contribution is 7.29. The summed E-state index contributed by atoms with van der Waals surface area (Å²) in [6.45, 7) is 0. The van der Waals surface area contributed by atoms with Crippen LogP contribution in [0.3, 0.4) is 0 Å². The number of aromatic nitrogens is 3. The van der Waals surface area contributed by atoms with Gasteiger partial charge in [0.2, 0.25) is 0 Å². The molecule has 2 rings (SSSR count). The van der Waals surface area contributed by atoms with Gasteiger partial charge in [0.05, 0.1) is 8.35 Å². The molecule has 0 spiro atoms. The van der Waals surface area contributed by atoms with Gasteiger partial charge in [-0.15, -0.1) is 10.2 Å². The predicted octanol–water partition coefficient (Wildman–Crippen LogP) is 2.10. The van der Waals surface area contributed by atoms with Gasteiger partial charge < -0.3 is 5.73 Å². The molecule has 15 heavy (non-hydrogen) atoms.